The van der Waals surface area contributed by atoms with E-state index in [4.69, 9.17) is 9.72 Å². The fraction of sp³-hybridized carbons (Fsp3) is 0.273. The van der Waals surface area contributed by atoms with E-state index in [-0.39, 0.29) is 5.91 Å². The largest absolute Gasteiger partial charge is 0.378 e. The summed E-state index contributed by atoms with van der Waals surface area (Å²) in [5.41, 5.74) is 3.91. The zero-order chi connectivity index (χ0) is 19.8. The number of hydrogen-bond acceptors (Lipinski definition) is 5. The Morgan fingerprint density at radius 3 is 2.86 bits per heavy atom. The molecule has 0 atom stereocenters. The second-order valence-electron chi connectivity index (χ2n) is 7.26. The van der Waals surface area contributed by atoms with Crippen LogP contribution in [0.4, 0.5) is 10.8 Å². The fourth-order valence-corrected chi connectivity index (χ4v) is 4.84. The average Bonchev–Trinajstić information content (AvgIpc) is 3.29. The summed E-state index contributed by atoms with van der Waals surface area (Å²) in [7, 11) is 0. The van der Waals surface area contributed by atoms with E-state index in [1.807, 2.05) is 47.9 Å². The number of fused-ring (bicyclic) bond motifs is 2. The summed E-state index contributed by atoms with van der Waals surface area (Å²) in [6.07, 6.45) is 0. The van der Waals surface area contributed by atoms with Gasteiger partial charge in [0.05, 0.1) is 23.4 Å². The highest BCUT2D eigenvalue weighted by Gasteiger charge is 2.16. The number of amides is 1. The Hall–Kier alpha value is -2.90. The Bertz CT molecular complexity index is 1190. The first-order valence-corrected chi connectivity index (χ1v) is 10.6. The van der Waals surface area contributed by atoms with Gasteiger partial charge in [-0.3, -0.25) is 4.79 Å². The van der Waals surface area contributed by atoms with E-state index >= 15 is 0 Å². The van der Waals surface area contributed by atoms with E-state index in [0.29, 0.717) is 6.54 Å². The molecule has 0 radical (unpaired) electrons. The van der Waals surface area contributed by atoms with Crippen LogP contribution in [0.5, 0.6) is 0 Å². The minimum Gasteiger partial charge on any atom is -0.378 e. The lowest BCUT2D eigenvalue weighted by Crippen LogP contribution is -2.36. The van der Waals surface area contributed by atoms with Crippen LogP contribution in [0.15, 0.2) is 48.5 Å². The van der Waals surface area contributed by atoms with Gasteiger partial charge in [0, 0.05) is 30.0 Å². The number of aryl methyl sites for hydroxylation is 1. The van der Waals surface area contributed by atoms with Crippen molar-refractivity contribution in [1.29, 1.82) is 0 Å². The molecule has 0 spiro atoms. The number of carbonyl (C=O) groups is 1. The molecular formula is C22H22N4O2S. The third-order valence-corrected chi connectivity index (χ3v) is 6.34. The average molecular weight is 407 g/mol. The number of morpholine rings is 1. The maximum absolute atomic E-state index is 12.7. The third-order valence-electron chi connectivity index (χ3n) is 5.26. The number of anilines is 2. The van der Waals surface area contributed by atoms with Crippen LogP contribution in [0.25, 0.3) is 21.1 Å². The molecule has 3 heterocycles. The van der Waals surface area contributed by atoms with Gasteiger partial charge in [-0.05, 0) is 42.6 Å². The van der Waals surface area contributed by atoms with Crippen LogP contribution in [-0.2, 0) is 16.1 Å². The van der Waals surface area contributed by atoms with Crippen molar-refractivity contribution in [2.24, 2.45) is 0 Å². The first-order chi connectivity index (χ1) is 14.2. The number of benzene rings is 2. The molecule has 2 aromatic heterocycles. The fourth-order valence-electron chi connectivity index (χ4n) is 3.78. The van der Waals surface area contributed by atoms with Gasteiger partial charge < -0.3 is 19.5 Å². The molecule has 5 rings (SSSR count). The summed E-state index contributed by atoms with van der Waals surface area (Å²) in [6, 6.07) is 16.1. The Morgan fingerprint density at radius 1 is 1.17 bits per heavy atom. The van der Waals surface area contributed by atoms with E-state index in [0.717, 1.165) is 63.9 Å². The molecule has 4 aromatic rings. The lowest BCUT2D eigenvalue weighted by Gasteiger charge is -2.25. The van der Waals surface area contributed by atoms with Gasteiger partial charge in [-0.25, -0.2) is 4.98 Å². The molecule has 0 saturated carbocycles. The van der Waals surface area contributed by atoms with Crippen molar-refractivity contribution in [2.75, 3.05) is 36.5 Å². The number of para-hydroxylation sites is 1. The molecule has 1 aliphatic rings. The standard InChI is InChI=1S/C22H22N4O2S/c1-15-12-16-4-2-3-5-19(16)26(15)14-21(27)23-17-6-7-18-20(13-17)29-22(24-18)25-8-10-28-11-9-25/h2-7,12-13H,8-11,14H2,1H3,(H,23,27). The SMILES string of the molecule is Cc1cc2ccccc2n1CC(=O)Nc1ccc2nc(N3CCOCC3)sc2c1. The van der Waals surface area contributed by atoms with Crippen LogP contribution < -0.4 is 10.2 Å². The first kappa shape index (κ1) is 18.1. The third kappa shape index (κ3) is 3.59. The number of carbonyl (C=O) groups excluding carboxylic acids is 1. The number of rotatable bonds is 4. The molecule has 1 amide bonds. The maximum Gasteiger partial charge on any atom is 0.244 e. The molecule has 148 valence electrons. The minimum absolute atomic E-state index is 0.0354. The monoisotopic (exact) mass is 406 g/mol. The van der Waals surface area contributed by atoms with Crippen molar-refractivity contribution in [3.8, 4) is 0 Å². The Morgan fingerprint density at radius 2 is 2.00 bits per heavy atom. The van der Waals surface area contributed by atoms with Gasteiger partial charge in [-0.1, -0.05) is 29.5 Å². The van der Waals surface area contributed by atoms with Crippen molar-refractivity contribution in [1.82, 2.24) is 9.55 Å². The quantitative estimate of drug-likeness (QED) is 0.556. The van der Waals surface area contributed by atoms with E-state index in [2.05, 4.69) is 22.3 Å². The molecule has 1 N–H and O–H groups in total. The Balaban J connectivity index is 1.34. The van der Waals surface area contributed by atoms with Gasteiger partial charge >= 0.3 is 0 Å². The van der Waals surface area contributed by atoms with Crippen molar-refractivity contribution in [2.45, 2.75) is 13.5 Å². The summed E-state index contributed by atoms with van der Waals surface area (Å²) in [4.78, 5) is 19.7. The Labute approximate surface area is 172 Å². The van der Waals surface area contributed by atoms with Crippen LogP contribution in [0.3, 0.4) is 0 Å². The highest BCUT2D eigenvalue weighted by molar-refractivity contribution is 7.22. The molecule has 2 aromatic carbocycles. The Kier molecular flexibility index (Phi) is 4.69. The highest BCUT2D eigenvalue weighted by atomic mass is 32.1. The highest BCUT2D eigenvalue weighted by Crippen LogP contribution is 2.31. The number of nitrogens with one attached hydrogen (secondary N) is 1. The molecule has 0 aliphatic carbocycles. The molecule has 1 saturated heterocycles. The molecule has 1 fully saturated rings. The van der Waals surface area contributed by atoms with Gasteiger partial charge in [0.2, 0.25) is 5.91 Å². The summed E-state index contributed by atoms with van der Waals surface area (Å²) in [6.45, 7) is 5.54. The zero-order valence-corrected chi connectivity index (χ0v) is 17.0. The topological polar surface area (TPSA) is 59.4 Å². The van der Waals surface area contributed by atoms with Crippen LogP contribution in [0.1, 0.15) is 5.69 Å². The molecule has 29 heavy (non-hydrogen) atoms. The summed E-state index contributed by atoms with van der Waals surface area (Å²) >= 11 is 1.66. The van der Waals surface area contributed by atoms with Crippen LogP contribution >= 0.6 is 11.3 Å². The van der Waals surface area contributed by atoms with Gasteiger partial charge in [0.1, 0.15) is 6.54 Å². The number of hydrogen-bond donors (Lipinski definition) is 1. The second kappa shape index (κ2) is 7.50. The van der Waals surface area contributed by atoms with Crippen LogP contribution in [0.2, 0.25) is 0 Å². The van der Waals surface area contributed by atoms with Crippen LogP contribution in [-0.4, -0.2) is 41.8 Å². The van der Waals surface area contributed by atoms with Gasteiger partial charge in [-0.15, -0.1) is 0 Å². The summed E-state index contributed by atoms with van der Waals surface area (Å²) < 4.78 is 8.55. The molecule has 7 heteroatoms. The first-order valence-electron chi connectivity index (χ1n) is 9.75. The van der Waals surface area contributed by atoms with Crippen LogP contribution in [0, 0.1) is 6.92 Å². The normalized spacial score (nSPS) is 14.6. The van der Waals surface area contributed by atoms with Gasteiger partial charge in [0.25, 0.3) is 0 Å². The molecule has 1 aliphatic heterocycles. The number of ether oxygens (including phenoxy) is 1. The van der Waals surface area contributed by atoms with Gasteiger partial charge in [-0.2, -0.15) is 0 Å². The van der Waals surface area contributed by atoms with Crippen molar-refractivity contribution < 1.29 is 9.53 Å². The predicted molar refractivity (Wildman–Crippen MR) is 118 cm³/mol. The van der Waals surface area contributed by atoms with E-state index < -0.39 is 0 Å². The summed E-state index contributed by atoms with van der Waals surface area (Å²) in [5, 5.41) is 5.21. The molecule has 0 bridgehead atoms. The van der Waals surface area contributed by atoms with Crippen molar-refractivity contribution >= 4 is 49.2 Å². The molecule has 0 unspecified atom stereocenters. The second-order valence-corrected chi connectivity index (χ2v) is 8.27. The maximum atomic E-state index is 12.7. The van der Waals surface area contributed by atoms with Crippen molar-refractivity contribution in [3.63, 3.8) is 0 Å². The zero-order valence-electron chi connectivity index (χ0n) is 16.2. The molecular weight excluding hydrogens is 384 g/mol. The smallest absolute Gasteiger partial charge is 0.244 e. The minimum atomic E-state index is -0.0354. The summed E-state index contributed by atoms with van der Waals surface area (Å²) in [5.74, 6) is -0.0354. The number of thiazole rings is 1. The van der Waals surface area contributed by atoms with E-state index in [9.17, 15) is 4.79 Å². The predicted octanol–water partition coefficient (Wildman–Crippen LogP) is 4.03. The molecule has 6 nitrogen and oxygen atoms in total. The van der Waals surface area contributed by atoms with E-state index in [1.54, 1.807) is 11.3 Å². The number of nitrogens with zero attached hydrogens (tertiary/aromatic N) is 3. The lowest BCUT2D eigenvalue weighted by molar-refractivity contribution is -0.116. The van der Waals surface area contributed by atoms with Gasteiger partial charge in [0.15, 0.2) is 5.13 Å². The lowest BCUT2D eigenvalue weighted by atomic mass is 10.2. The number of aromatic nitrogens is 2. The van der Waals surface area contributed by atoms with Crippen molar-refractivity contribution in [3.05, 3.63) is 54.2 Å². The van der Waals surface area contributed by atoms with E-state index in [1.165, 1.54) is 0 Å².